The third-order valence-corrected chi connectivity index (χ3v) is 8.13. The topological polar surface area (TPSA) is 102 Å². The van der Waals surface area contributed by atoms with E-state index in [2.05, 4.69) is 0 Å². The lowest BCUT2D eigenvalue weighted by Gasteiger charge is -2.29. The second-order valence-corrected chi connectivity index (χ2v) is 10.0. The van der Waals surface area contributed by atoms with Gasteiger partial charge in [-0.25, -0.2) is 19.6 Å². The number of rotatable bonds is 6. The van der Waals surface area contributed by atoms with Crippen LogP contribution in [0.5, 0.6) is 0 Å². The molecule has 0 N–H and O–H groups in total. The minimum absolute atomic E-state index is 0.00503. The number of ether oxygens (including phenoxy) is 2. The Morgan fingerprint density at radius 3 is 2.37 bits per heavy atom. The zero-order chi connectivity index (χ0) is 27.1. The molecule has 0 radical (unpaired) electrons. The summed E-state index contributed by atoms with van der Waals surface area (Å²) in [6.07, 6.45) is -1.18. The molecular weight excluding hydrogens is 532 g/mol. The number of carbonyl (C=O) groups excluding carboxylic acids is 4. The minimum Gasteiger partial charge on any atom is -0.465 e. The number of para-hydroxylation sites is 1. The molecule has 0 spiro atoms. The summed E-state index contributed by atoms with van der Waals surface area (Å²) in [5.41, 5.74) is 1.47. The fourth-order valence-electron chi connectivity index (χ4n) is 4.83. The van der Waals surface area contributed by atoms with Gasteiger partial charge in [-0.05, 0) is 43.2 Å². The van der Waals surface area contributed by atoms with Crippen LogP contribution in [-0.2, 0) is 23.9 Å². The number of thiophene rings is 1. The number of nitrogens with zero attached hydrogens (tertiary/aromatic N) is 2. The van der Waals surface area contributed by atoms with Gasteiger partial charge in [0.15, 0.2) is 6.10 Å². The molecule has 196 valence electrons. The molecule has 0 saturated carbocycles. The Hall–Kier alpha value is -3.73. The largest absolute Gasteiger partial charge is 0.465 e. The molecule has 2 aliphatic rings. The summed E-state index contributed by atoms with van der Waals surface area (Å²) < 4.78 is 10.0. The number of methoxy groups -OCH3 is 1. The molecule has 5 rings (SSSR count). The highest BCUT2D eigenvalue weighted by molar-refractivity contribution is 7.19. The first kappa shape index (κ1) is 25.9. The summed E-state index contributed by atoms with van der Waals surface area (Å²) in [5, 5.41) is 1.94. The highest BCUT2D eigenvalue weighted by atomic mass is 35.5. The number of hydrogen-bond acceptors (Lipinski definition) is 9. The van der Waals surface area contributed by atoms with Gasteiger partial charge in [0.05, 0.1) is 31.0 Å². The molecule has 0 unspecified atom stereocenters. The van der Waals surface area contributed by atoms with Crippen molar-refractivity contribution in [3.8, 4) is 0 Å². The van der Waals surface area contributed by atoms with E-state index in [1.165, 1.54) is 12.2 Å². The molecule has 2 aliphatic heterocycles. The number of anilines is 2. The summed E-state index contributed by atoms with van der Waals surface area (Å²) in [6.45, 7) is 3.32. The molecule has 11 heteroatoms. The smallest absolute Gasteiger partial charge is 0.348 e. The molecule has 3 atom stereocenters. The summed E-state index contributed by atoms with van der Waals surface area (Å²) >= 11 is 7.39. The lowest BCUT2D eigenvalue weighted by molar-refractivity contribution is -0.126. The van der Waals surface area contributed by atoms with Gasteiger partial charge in [0.25, 0.3) is 5.91 Å². The van der Waals surface area contributed by atoms with Gasteiger partial charge < -0.3 is 9.47 Å². The standard InChI is InChI=1S/C27H23ClN2O7S/c1-4-36-27(34)22-14(2)18(26(33)35-3)25(38-22)29-23(31)19-20(16-12-8-9-13-17(16)28)30(37-21(19)24(29)32)15-10-6-5-7-11-15/h5-13,19-21H,4H2,1-3H3/t19-,20-,21-/m0/s1. The van der Waals surface area contributed by atoms with Gasteiger partial charge in [0.1, 0.15) is 15.8 Å². The van der Waals surface area contributed by atoms with Crippen molar-refractivity contribution in [2.45, 2.75) is 26.0 Å². The van der Waals surface area contributed by atoms with Crippen molar-refractivity contribution < 1.29 is 33.5 Å². The highest BCUT2D eigenvalue weighted by Gasteiger charge is 2.61. The number of hydrogen-bond donors (Lipinski definition) is 0. The lowest BCUT2D eigenvalue weighted by atomic mass is 9.90. The van der Waals surface area contributed by atoms with E-state index in [0.717, 1.165) is 16.2 Å². The average Bonchev–Trinajstić information content (AvgIpc) is 3.54. The van der Waals surface area contributed by atoms with Crippen molar-refractivity contribution in [2.75, 3.05) is 23.7 Å². The number of imide groups is 1. The predicted molar refractivity (Wildman–Crippen MR) is 140 cm³/mol. The number of amides is 2. The second kappa shape index (κ2) is 10.2. The molecule has 0 aliphatic carbocycles. The first-order valence-corrected chi connectivity index (χ1v) is 13.0. The molecular formula is C27H23ClN2O7S. The summed E-state index contributed by atoms with van der Waals surface area (Å²) in [4.78, 5) is 60.3. The molecule has 3 heterocycles. The normalized spacial score (nSPS) is 20.6. The molecule has 2 aromatic carbocycles. The van der Waals surface area contributed by atoms with Gasteiger partial charge in [-0.15, -0.1) is 11.3 Å². The first-order valence-electron chi connectivity index (χ1n) is 11.8. The Morgan fingerprint density at radius 2 is 1.71 bits per heavy atom. The van der Waals surface area contributed by atoms with E-state index in [1.807, 2.05) is 18.2 Å². The Bertz CT molecular complexity index is 1440. The third-order valence-electron chi connectivity index (χ3n) is 6.53. The van der Waals surface area contributed by atoms with E-state index in [0.29, 0.717) is 16.3 Å². The van der Waals surface area contributed by atoms with Crippen molar-refractivity contribution in [1.29, 1.82) is 0 Å². The monoisotopic (exact) mass is 554 g/mol. The van der Waals surface area contributed by atoms with Gasteiger partial charge >= 0.3 is 11.9 Å². The Labute approximate surface area is 227 Å². The Kier molecular flexibility index (Phi) is 6.95. The van der Waals surface area contributed by atoms with Crippen LogP contribution < -0.4 is 9.96 Å². The highest BCUT2D eigenvalue weighted by Crippen LogP contribution is 2.50. The van der Waals surface area contributed by atoms with E-state index >= 15 is 0 Å². The molecule has 3 aromatic rings. The van der Waals surface area contributed by atoms with Crippen molar-refractivity contribution in [2.24, 2.45) is 5.92 Å². The Balaban J connectivity index is 1.62. The maximum Gasteiger partial charge on any atom is 0.348 e. The van der Waals surface area contributed by atoms with E-state index < -0.39 is 41.8 Å². The van der Waals surface area contributed by atoms with E-state index in [4.69, 9.17) is 25.9 Å². The fraction of sp³-hybridized carbons (Fsp3) is 0.259. The van der Waals surface area contributed by atoms with Gasteiger partial charge in [-0.3, -0.25) is 14.4 Å². The molecule has 9 nitrogen and oxygen atoms in total. The number of hydroxylamine groups is 1. The van der Waals surface area contributed by atoms with Gasteiger partial charge in [-0.1, -0.05) is 48.0 Å². The van der Waals surface area contributed by atoms with E-state index in [9.17, 15) is 19.2 Å². The molecule has 0 bridgehead atoms. The summed E-state index contributed by atoms with van der Waals surface area (Å²) in [7, 11) is 1.18. The maximum absolute atomic E-state index is 14.0. The van der Waals surface area contributed by atoms with Gasteiger partial charge in [0, 0.05) is 5.02 Å². The van der Waals surface area contributed by atoms with Crippen LogP contribution in [0.2, 0.25) is 5.02 Å². The van der Waals surface area contributed by atoms with Crippen LogP contribution in [0.15, 0.2) is 54.6 Å². The van der Waals surface area contributed by atoms with Crippen molar-refractivity contribution >= 4 is 57.4 Å². The van der Waals surface area contributed by atoms with E-state index in [1.54, 1.807) is 50.2 Å². The maximum atomic E-state index is 14.0. The summed E-state index contributed by atoms with van der Waals surface area (Å²) in [5.74, 6) is -3.65. The van der Waals surface area contributed by atoms with Crippen LogP contribution in [0.25, 0.3) is 0 Å². The number of halogens is 1. The summed E-state index contributed by atoms with van der Waals surface area (Å²) in [6, 6.07) is 15.4. The van der Waals surface area contributed by atoms with Crippen LogP contribution in [0.4, 0.5) is 10.7 Å². The number of fused-ring (bicyclic) bond motifs is 1. The zero-order valence-electron chi connectivity index (χ0n) is 20.7. The average molecular weight is 555 g/mol. The molecule has 2 fully saturated rings. The van der Waals surface area contributed by atoms with Crippen molar-refractivity contribution in [3.63, 3.8) is 0 Å². The van der Waals surface area contributed by atoms with Gasteiger partial charge in [-0.2, -0.15) is 0 Å². The molecule has 2 saturated heterocycles. The predicted octanol–water partition coefficient (Wildman–Crippen LogP) is 4.72. The van der Waals surface area contributed by atoms with Crippen LogP contribution in [0.1, 0.15) is 44.1 Å². The lowest BCUT2D eigenvalue weighted by Crippen LogP contribution is -2.37. The molecule has 2 amide bonds. The van der Waals surface area contributed by atoms with Crippen LogP contribution in [0.3, 0.4) is 0 Å². The SMILES string of the molecule is CCOC(=O)c1sc(N2C(=O)[C@@H]3[C@H](ON(c4ccccc4)[C@H]3c3ccccc3Cl)C2=O)c(C(=O)OC)c1C. The first-order chi connectivity index (χ1) is 18.3. The van der Waals surface area contributed by atoms with Crippen LogP contribution >= 0.6 is 22.9 Å². The van der Waals surface area contributed by atoms with E-state index in [-0.39, 0.29) is 27.6 Å². The van der Waals surface area contributed by atoms with Crippen LogP contribution in [-0.4, -0.2) is 43.6 Å². The van der Waals surface area contributed by atoms with Crippen molar-refractivity contribution in [3.05, 3.63) is 81.2 Å². The number of carbonyl (C=O) groups is 4. The number of benzene rings is 2. The van der Waals surface area contributed by atoms with Crippen LogP contribution in [0, 0.1) is 12.8 Å². The third kappa shape index (κ3) is 4.05. The molecule has 38 heavy (non-hydrogen) atoms. The number of esters is 2. The fourth-order valence-corrected chi connectivity index (χ4v) is 6.28. The second-order valence-electron chi connectivity index (χ2n) is 8.64. The zero-order valence-corrected chi connectivity index (χ0v) is 22.2. The molecule has 1 aromatic heterocycles. The quantitative estimate of drug-likeness (QED) is 0.318. The minimum atomic E-state index is -1.18. The Morgan fingerprint density at radius 1 is 1.03 bits per heavy atom. The van der Waals surface area contributed by atoms with Gasteiger partial charge in [0.2, 0.25) is 5.91 Å². The van der Waals surface area contributed by atoms with Crippen molar-refractivity contribution in [1.82, 2.24) is 0 Å².